The highest BCUT2D eigenvalue weighted by atomic mass is 16.5. The van der Waals surface area contributed by atoms with E-state index in [-0.39, 0.29) is 22.3 Å². The zero-order chi connectivity index (χ0) is 40.9. The van der Waals surface area contributed by atoms with Gasteiger partial charge in [-0.15, -0.1) is 0 Å². The van der Waals surface area contributed by atoms with E-state index in [2.05, 4.69) is 154 Å². The van der Waals surface area contributed by atoms with Crippen LogP contribution in [0.25, 0.3) is 11.3 Å². The van der Waals surface area contributed by atoms with E-state index in [1.165, 1.54) is 38.9 Å². The molecule has 0 saturated carbocycles. The zero-order valence-electron chi connectivity index (χ0n) is 35.8. The molecule has 2 aromatic heterocycles. The number of rotatable bonds is 5. The maximum Gasteiger partial charge on any atom is 0.217 e. The van der Waals surface area contributed by atoms with Crippen molar-refractivity contribution in [1.29, 1.82) is 0 Å². The second kappa shape index (κ2) is 13.1. The first-order chi connectivity index (χ1) is 27.4. The van der Waals surface area contributed by atoms with Crippen molar-refractivity contribution < 1.29 is 9.47 Å². The fourth-order valence-electron chi connectivity index (χ4n) is 10.1. The van der Waals surface area contributed by atoms with E-state index in [1.807, 2.05) is 36.7 Å². The van der Waals surface area contributed by atoms with Gasteiger partial charge in [0.15, 0.2) is 6.10 Å². The molecule has 2 atom stereocenters. The van der Waals surface area contributed by atoms with Gasteiger partial charge in [0.25, 0.3) is 0 Å². The third kappa shape index (κ3) is 6.29. The van der Waals surface area contributed by atoms with E-state index in [0.29, 0.717) is 11.6 Å². The van der Waals surface area contributed by atoms with E-state index in [4.69, 9.17) is 24.4 Å². The Morgan fingerprint density at radius 1 is 0.724 bits per heavy atom. The van der Waals surface area contributed by atoms with Gasteiger partial charge in [0, 0.05) is 40.6 Å². The monoisotopic (exact) mass is 766 g/mol. The number of aliphatic imine (C=N–C) groups is 1. The number of pyridine rings is 2. The number of hydrogen-bond donors (Lipinski definition) is 0. The fourth-order valence-corrected chi connectivity index (χ4v) is 10.1. The summed E-state index contributed by atoms with van der Waals surface area (Å²) in [5.74, 6) is 2.97. The lowest BCUT2D eigenvalue weighted by Gasteiger charge is -2.44. The minimum atomic E-state index is -0.420. The molecule has 3 aliphatic rings. The fraction of sp³-hybridized carbons (Fsp3) is 0.327. The molecule has 0 fully saturated rings. The van der Waals surface area contributed by atoms with E-state index >= 15 is 0 Å². The van der Waals surface area contributed by atoms with Crippen LogP contribution < -0.4 is 9.64 Å². The van der Waals surface area contributed by atoms with Crippen molar-refractivity contribution in [2.45, 2.75) is 110 Å². The zero-order valence-corrected chi connectivity index (χ0v) is 35.8. The average Bonchev–Trinajstić information content (AvgIpc) is 3.50. The minimum Gasteiger partial charge on any atom is -0.467 e. The second-order valence-electron chi connectivity index (χ2n) is 19.3. The summed E-state index contributed by atoms with van der Waals surface area (Å²) in [7, 11) is 0. The van der Waals surface area contributed by atoms with Gasteiger partial charge in [0.1, 0.15) is 22.9 Å². The third-order valence-electron chi connectivity index (χ3n) is 12.5. The van der Waals surface area contributed by atoms with Crippen molar-refractivity contribution in [3.05, 3.63) is 160 Å². The molecule has 6 heteroatoms. The van der Waals surface area contributed by atoms with Crippen LogP contribution in [0.5, 0.6) is 11.5 Å². The molecule has 0 unspecified atom stereocenters. The van der Waals surface area contributed by atoms with Crippen LogP contribution in [0.4, 0.5) is 17.2 Å². The van der Waals surface area contributed by atoms with Crippen molar-refractivity contribution >= 4 is 23.1 Å². The highest BCUT2D eigenvalue weighted by molar-refractivity contribution is 5.97. The number of nitrogens with zero attached hydrogens (tertiary/aromatic N) is 4. The molecule has 0 radical (unpaired) electrons. The molecule has 6 nitrogen and oxygen atoms in total. The van der Waals surface area contributed by atoms with Crippen LogP contribution in [0.2, 0.25) is 0 Å². The van der Waals surface area contributed by atoms with Crippen molar-refractivity contribution in [2.75, 3.05) is 4.90 Å². The highest BCUT2D eigenvalue weighted by Gasteiger charge is 2.53. The summed E-state index contributed by atoms with van der Waals surface area (Å²) < 4.78 is 13.9. The summed E-state index contributed by atoms with van der Waals surface area (Å²) in [6, 6.07) is 34.4. The van der Waals surface area contributed by atoms with Crippen LogP contribution in [0.3, 0.4) is 0 Å². The SMILES string of the molecule is Cc1cc(Oc2cc(C3=N[C@]4(C)CC(C)(C)c5c(C)cc(C)cc5[C@@H]4O3)cc(-c3ccccn3)c2)cc(N2c3ccc(C(C)(C)C)cc3C(C)(C)c3cccnc32)c1. The molecular weight excluding hydrogens is 713 g/mol. The summed E-state index contributed by atoms with van der Waals surface area (Å²) in [5.41, 5.74) is 14.1. The topological polar surface area (TPSA) is 59.8 Å². The Bertz CT molecular complexity index is 2650. The molecule has 6 aromatic rings. The molecule has 4 aromatic carbocycles. The van der Waals surface area contributed by atoms with Gasteiger partial charge in [-0.05, 0) is 133 Å². The Labute approximate surface area is 344 Å². The average molecular weight is 767 g/mol. The van der Waals surface area contributed by atoms with Gasteiger partial charge in [-0.25, -0.2) is 9.98 Å². The number of anilines is 3. The molecule has 1 aliphatic carbocycles. The van der Waals surface area contributed by atoms with Gasteiger partial charge in [-0.2, -0.15) is 0 Å². The number of aromatic nitrogens is 2. The summed E-state index contributed by atoms with van der Waals surface area (Å²) in [4.78, 5) is 17.5. The lowest BCUT2D eigenvalue weighted by molar-refractivity contribution is 0.108. The predicted octanol–water partition coefficient (Wildman–Crippen LogP) is 13.2. The Morgan fingerprint density at radius 3 is 2.22 bits per heavy atom. The van der Waals surface area contributed by atoms with Gasteiger partial charge in [0.05, 0.1) is 17.1 Å². The lowest BCUT2D eigenvalue weighted by Crippen LogP contribution is -2.42. The predicted molar refractivity (Wildman–Crippen MR) is 237 cm³/mol. The van der Waals surface area contributed by atoms with Crippen molar-refractivity contribution in [3.8, 4) is 22.8 Å². The van der Waals surface area contributed by atoms with Gasteiger partial charge in [-0.3, -0.25) is 9.88 Å². The van der Waals surface area contributed by atoms with Crippen LogP contribution in [0.1, 0.15) is 118 Å². The third-order valence-corrected chi connectivity index (χ3v) is 12.5. The first-order valence-electron chi connectivity index (χ1n) is 20.6. The second-order valence-corrected chi connectivity index (χ2v) is 19.3. The summed E-state index contributed by atoms with van der Waals surface area (Å²) >= 11 is 0. The van der Waals surface area contributed by atoms with Crippen molar-refractivity contribution in [2.24, 2.45) is 4.99 Å². The van der Waals surface area contributed by atoms with Crippen LogP contribution in [-0.4, -0.2) is 21.4 Å². The molecule has 0 N–H and O–H groups in total. The van der Waals surface area contributed by atoms with Gasteiger partial charge < -0.3 is 9.47 Å². The molecular formula is C52H54N4O2. The standard InChI is InChI=1S/C52H54N4O2/c1-31-21-33(3)45-40(24-31)46-52(11,30-50(45,7)8)55-48(58-46)35-25-34(43-16-12-13-19-53-43)26-39(27-35)57-38-23-32(2)22-37(29-38)56-44-18-17-36(49(4,5)6)28-42(44)51(9,10)41-15-14-20-54-47(41)56/h12-29,46H,30H2,1-11H3/t46-,52+/m0/s1. The van der Waals surface area contributed by atoms with Gasteiger partial charge in [0.2, 0.25) is 5.90 Å². The first kappa shape index (κ1) is 37.8. The molecule has 0 amide bonds. The number of fused-ring (bicyclic) bond motifs is 5. The first-order valence-corrected chi connectivity index (χ1v) is 20.6. The summed E-state index contributed by atoms with van der Waals surface area (Å²) in [6.45, 7) is 24.9. The summed E-state index contributed by atoms with van der Waals surface area (Å²) in [6.07, 6.45) is 4.42. The van der Waals surface area contributed by atoms with Crippen LogP contribution in [0.15, 0.2) is 114 Å². The Morgan fingerprint density at radius 2 is 1.47 bits per heavy atom. The largest absolute Gasteiger partial charge is 0.467 e. The number of benzene rings is 4. The quantitative estimate of drug-likeness (QED) is 0.175. The number of ether oxygens (including phenoxy) is 2. The molecule has 0 spiro atoms. The van der Waals surface area contributed by atoms with E-state index in [9.17, 15) is 0 Å². The van der Waals surface area contributed by atoms with Crippen molar-refractivity contribution in [1.82, 2.24) is 9.97 Å². The van der Waals surface area contributed by atoms with E-state index in [1.54, 1.807) is 0 Å². The maximum absolute atomic E-state index is 6.97. The Kier molecular flexibility index (Phi) is 8.56. The summed E-state index contributed by atoms with van der Waals surface area (Å²) in [5, 5.41) is 0. The van der Waals surface area contributed by atoms with Crippen LogP contribution in [-0.2, 0) is 21.0 Å². The number of aryl methyl sites for hydroxylation is 3. The lowest BCUT2D eigenvalue weighted by atomic mass is 9.63. The number of hydrogen-bond acceptors (Lipinski definition) is 6. The molecule has 4 heterocycles. The molecule has 2 aliphatic heterocycles. The van der Waals surface area contributed by atoms with Gasteiger partial charge in [-0.1, -0.05) is 90.4 Å². The normalized spacial score (nSPS) is 19.9. The maximum atomic E-state index is 6.97. The molecule has 58 heavy (non-hydrogen) atoms. The minimum absolute atomic E-state index is 0.0160. The van der Waals surface area contributed by atoms with Crippen molar-refractivity contribution in [3.63, 3.8) is 0 Å². The Hall–Kier alpha value is -5.75. The highest BCUT2D eigenvalue weighted by Crippen LogP contribution is 2.55. The molecule has 0 saturated heterocycles. The Balaban J connectivity index is 1.14. The molecule has 0 bridgehead atoms. The molecule has 9 rings (SSSR count). The van der Waals surface area contributed by atoms with E-state index < -0.39 is 5.54 Å². The van der Waals surface area contributed by atoms with Crippen LogP contribution in [0, 0.1) is 20.8 Å². The smallest absolute Gasteiger partial charge is 0.217 e. The van der Waals surface area contributed by atoms with Gasteiger partial charge >= 0.3 is 0 Å². The van der Waals surface area contributed by atoms with Crippen LogP contribution >= 0.6 is 0 Å². The molecule has 294 valence electrons. The van der Waals surface area contributed by atoms with E-state index in [0.717, 1.165) is 51.7 Å².